The first-order chi connectivity index (χ1) is 8.47. The minimum atomic E-state index is -1.11. The van der Waals surface area contributed by atoms with Crippen LogP contribution in [0.3, 0.4) is 0 Å². The van der Waals surface area contributed by atoms with Gasteiger partial charge in [0.25, 0.3) is 5.91 Å². The average molecular weight is 252 g/mol. The van der Waals surface area contributed by atoms with Crippen LogP contribution in [0.25, 0.3) is 0 Å². The number of aromatic nitrogens is 1. The smallest absolute Gasteiger partial charge is 0.326 e. The third-order valence-corrected chi connectivity index (χ3v) is 2.83. The van der Waals surface area contributed by atoms with Crippen molar-refractivity contribution in [3.63, 3.8) is 0 Å². The van der Waals surface area contributed by atoms with Crippen LogP contribution >= 0.6 is 0 Å². The van der Waals surface area contributed by atoms with E-state index >= 15 is 0 Å². The van der Waals surface area contributed by atoms with E-state index in [-0.39, 0.29) is 11.5 Å². The Labute approximate surface area is 104 Å². The Kier molecular flexibility index (Phi) is 4.65. The molecule has 6 heteroatoms. The first-order valence-corrected chi connectivity index (χ1v) is 5.68. The molecule has 0 spiro atoms. The molecular weight excluding hydrogens is 236 g/mol. The Bertz CT molecular complexity index is 495. The molecule has 0 radical (unpaired) electrons. The molecule has 1 aromatic rings. The van der Waals surface area contributed by atoms with Crippen LogP contribution < -0.4 is 10.7 Å². The monoisotopic (exact) mass is 252 g/mol. The van der Waals surface area contributed by atoms with Gasteiger partial charge in [-0.15, -0.1) is 0 Å². The summed E-state index contributed by atoms with van der Waals surface area (Å²) in [6.45, 7) is 3.57. The second-order valence-electron chi connectivity index (χ2n) is 4.10. The summed E-state index contributed by atoms with van der Waals surface area (Å²) in [5.74, 6) is -2.00. The lowest BCUT2D eigenvalue weighted by atomic mass is 9.99. The molecule has 0 fully saturated rings. The molecule has 1 rings (SSSR count). The third-order valence-electron chi connectivity index (χ3n) is 2.83. The fourth-order valence-corrected chi connectivity index (χ4v) is 1.50. The zero-order valence-electron chi connectivity index (χ0n) is 10.3. The van der Waals surface area contributed by atoms with Crippen molar-refractivity contribution in [3.8, 4) is 0 Å². The number of carbonyl (C=O) groups is 2. The normalized spacial score (nSPS) is 13.7. The quantitative estimate of drug-likeness (QED) is 0.714. The van der Waals surface area contributed by atoms with Gasteiger partial charge >= 0.3 is 5.97 Å². The highest BCUT2D eigenvalue weighted by molar-refractivity contribution is 5.96. The number of aromatic amines is 1. The summed E-state index contributed by atoms with van der Waals surface area (Å²) in [5.41, 5.74) is -0.536. The first-order valence-electron chi connectivity index (χ1n) is 5.68. The van der Waals surface area contributed by atoms with E-state index in [1.54, 1.807) is 6.92 Å². The average Bonchev–Trinajstić information content (AvgIpc) is 2.35. The molecule has 1 aromatic heterocycles. The molecule has 0 aliphatic rings. The molecule has 0 bridgehead atoms. The maximum absolute atomic E-state index is 11.8. The lowest BCUT2D eigenvalue weighted by molar-refractivity contribution is -0.140. The predicted molar refractivity (Wildman–Crippen MR) is 65.4 cm³/mol. The number of carbonyl (C=O) groups excluding carboxylic acids is 1. The molecule has 1 amide bonds. The Morgan fingerprint density at radius 1 is 1.50 bits per heavy atom. The topological polar surface area (TPSA) is 99.3 Å². The first kappa shape index (κ1) is 14.0. The third kappa shape index (κ3) is 3.19. The fourth-order valence-electron chi connectivity index (χ4n) is 1.50. The second kappa shape index (κ2) is 6.00. The molecule has 6 nitrogen and oxygen atoms in total. The molecule has 1 heterocycles. The molecule has 2 atom stereocenters. The highest BCUT2D eigenvalue weighted by Crippen LogP contribution is 2.08. The zero-order chi connectivity index (χ0) is 13.7. The summed E-state index contributed by atoms with van der Waals surface area (Å²) in [6.07, 6.45) is 3.28. The molecule has 0 saturated heterocycles. The standard InChI is InChI=1S/C12H16N2O4/c1-3-7(2)10(12(17)18)14-11(16)8-6-13-5-4-9(8)15/h4-7,10H,3H2,1-2H3,(H,13,15)(H,14,16)(H,17,18). The van der Waals surface area contributed by atoms with Gasteiger partial charge in [0.15, 0.2) is 5.43 Å². The van der Waals surface area contributed by atoms with E-state index < -0.39 is 23.3 Å². The van der Waals surface area contributed by atoms with Gasteiger partial charge in [-0.25, -0.2) is 4.79 Å². The molecule has 3 N–H and O–H groups in total. The number of carboxylic acids is 1. The van der Waals surface area contributed by atoms with E-state index in [0.717, 1.165) is 0 Å². The maximum Gasteiger partial charge on any atom is 0.326 e. The minimum Gasteiger partial charge on any atom is -0.480 e. The summed E-state index contributed by atoms with van der Waals surface area (Å²) in [6, 6.07) is 0.218. The highest BCUT2D eigenvalue weighted by atomic mass is 16.4. The van der Waals surface area contributed by atoms with Crippen LogP contribution in [0.15, 0.2) is 23.3 Å². The SMILES string of the molecule is CCC(C)C(NC(=O)c1c[nH]ccc1=O)C(=O)O. The lowest BCUT2D eigenvalue weighted by Crippen LogP contribution is -2.46. The van der Waals surface area contributed by atoms with E-state index in [1.165, 1.54) is 18.5 Å². The van der Waals surface area contributed by atoms with E-state index in [2.05, 4.69) is 10.3 Å². The fraction of sp³-hybridized carbons (Fsp3) is 0.417. The van der Waals surface area contributed by atoms with E-state index in [1.807, 2.05) is 6.92 Å². The van der Waals surface area contributed by atoms with Crippen LogP contribution in [-0.2, 0) is 4.79 Å². The van der Waals surface area contributed by atoms with Gasteiger partial charge < -0.3 is 15.4 Å². The number of nitrogens with one attached hydrogen (secondary N) is 2. The summed E-state index contributed by atoms with van der Waals surface area (Å²) in [7, 11) is 0. The van der Waals surface area contributed by atoms with Crippen molar-refractivity contribution in [3.05, 3.63) is 34.2 Å². The highest BCUT2D eigenvalue weighted by Gasteiger charge is 2.26. The number of rotatable bonds is 5. The number of hydrogen-bond acceptors (Lipinski definition) is 3. The Morgan fingerprint density at radius 2 is 2.17 bits per heavy atom. The van der Waals surface area contributed by atoms with Gasteiger partial charge in [-0.1, -0.05) is 20.3 Å². The van der Waals surface area contributed by atoms with Gasteiger partial charge in [0.1, 0.15) is 11.6 Å². The van der Waals surface area contributed by atoms with Gasteiger partial charge in [-0.05, 0) is 5.92 Å². The van der Waals surface area contributed by atoms with Crippen molar-refractivity contribution >= 4 is 11.9 Å². The Balaban J connectivity index is 2.89. The number of amides is 1. The van der Waals surface area contributed by atoms with Crippen molar-refractivity contribution < 1.29 is 14.7 Å². The van der Waals surface area contributed by atoms with Crippen molar-refractivity contribution in [1.29, 1.82) is 0 Å². The maximum atomic E-state index is 11.8. The summed E-state index contributed by atoms with van der Waals surface area (Å²) < 4.78 is 0. The van der Waals surface area contributed by atoms with Crippen molar-refractivity contribution in [1.82, 2.24) is 10.3 Å². The molecule has 0 aliphatic carbocycles. The van der Waals surface area contributed by atoms with Crippen LogP contribution in [-0.4, -0.2) is 28.0 Å². The van der Waals surface area contributed by atoms with Crippen molar-refractivity contribution in [2.45, 2.75) is 26.3 Å². The molecule has 98 valence electrons. The molecular formula is C12H16N2O4. The molecule has 0 aliphatic heterocycles. The predicted octanol–water partition coefficient (Wildman–Crippen LogP) is 0.604. The number of H-pyrrole nitrogens is 1. The van der Waals surface area contributed by atoms with Gasteiger partial charge in [0.2, 0.25) is 0 Å². The zero-order valence-corrected chi connectivity index (χ0v) is 10.3. The molecule has 0 saturated carbocycles. The van der Waals surface area contributed by atoms with Gasteiger partial charge in [-0.3, -0.25) is 9.59 Å². The summed E-state index contributed by atoms with van der Waals surface area (Å²) in [5, 5.41) is 11.4. The van der Waals surface area contributed by atoms with Gasteiger partial charge in [0, 0.05) is 18.5 Å². The molecule has 2 unspecified atom stereocenters. The number of pyridine rings is 1. The van der Waals surface area contributed by atoms with Crippen LogP contribution in [0.2, 0.25) is 0 Å². The van der Waals surface area contributed by atoms with Crippen molar-refractivity contribution in [2.24, 2.45) is 5.92 Å². The number of carboxylic acid groups (broad SMARTS) is 1. The number of hydrogen-bond donors (Lipinski definition) is 3. The largest absolute Gasteiger partial charge is 0.480 e. The minimum absolute atomic E-state index is 0.0907. The van der Waals surface area contributed by atoms with Gasteiger partial charge in [0.05, 0.1) is 0 Å². The van der Waals surface area contributed by atoms with Crippen LogP contribution in [0, 0.1) is 5.92 Å². The summed E-state index contributed by atoms with van der Waals surface area (Å²) >= 11 is 0. The Hall–Kier alpha value is -2.11. The van der Waals surface area contributed by atoms with Crippen LogP contribution in [0.5, 0.6) is 0 Å². The lowest BCUT2D eigenvalue weighted by Gasteiger charge is -2.19. The van der Waals surface area contributed by atoms with E-state index in [4.69, 9.17) is 5.11 Å². The van der Waals surface area contributed by atoms with Crippen LogP contribution in [0.1, 0.15) is 30.6 Å². The number of aliphatic carboxylic acids is 1. The summed E-state index contributed by atoms with van der Waals surface area (Å²) in [4.78, 5) is 36.9. The van der Waals surface area contributed by atoms with E-state index in [0.29, 0.717) is 6.42 Å². The van der Waals surface area contributed by atoms with E-state index in [9.17, 15) is 14.4 Å². The molecule has 18 heavy (non-hydrogen) atoms. The van der Waals surface area contributed by atoms with Gasteiger partial charge in [-0.2, -0.15) is 0 Å². The van der Waals surface area contributed by atoms with Crippen molar-refractivity contribution in [2.75, 3.05) is 0 Å². The molecule has 0 aromatic carbocycles. The Morgan fingerprint density at radius 3 is 2.67 bits per heavy atom. The van der Waals surface area contributed by atoms with Crippen LogP contribution in [0.4, 0.5) is 0 Å². The second-order valence-corrected chi connectivity index (χ2v) is 4.10.